The van der Waals surface area contributed by atoms with E-state index in [-0.39, 0.29) is 17.7 Å². The molecule has 2 rings (SSSR count). The molecule has 7 nitrogen and oxygen atoms in total. The summed E-state index contributed by atoms with van der Waals surface area (Å²) in [6, 6.07) is 4.69. The van der Waals surface area contributed by atoms with Gasteiger partial charge in [-0.05, 0) is 24.3 Å². The molecule has 0 bridgehead atoms. The predicted octanol–water partition coefficient (Wildman–Crippen LogP) is 2.95. The van der Waals surface area contributed by atoms with E-state index < -0.39 is 4.92 Å². The zero-order chi connectivity index (χ0) is 15.5. The second-order valence-corrected chi connectivity index (χ2v) is 5.77. The van der Waals surface area contributed by atoms with E-state index in [1.165, 1.54) is 12.1 Å². The van der Waals surface area contributed by atoms with Gasteiger partial charge in [0.25, 0.3) is 11.7 Å². The molecule has 1 aromatic carbocycles. The van der Waals surface area contributed by atoms with Crippen molar-refractivity contribution >= 4 is 22.8 Å². The fourth-order valence-electron chi connectivity index (χ4n) is 2.06. The number of nitrogens with one attached hydrogen (secondary N) is 1. The molecule has 0 aliphatic carbocycles. The van der Waals surface area contributed by atoms with Gasteiger partial charge < -0.3 is 14.8 Å². The Bertz CT molecular complexity index is 636. The maximum atomic E-state index is 10.7. The van der Waals surface area contributed by atoms with Gasteiger partial charge in [-0.2, -0.15) is 4.98 Å². The quantitative estimate of drug-likeness (QED) is 0.601. The number of non-ortho nitro benzene ring substituents is 1. The highest BCUT2D eigenvalue weighted by molar-refractivity contribution is 5.77. The van der Waals surface area contributed by atoms with E-state index >= 15 is 0 Å². The molecule has 0 spiro atoms. The molecule has 1 aromatic heterocycles. The lowest BCUT2D eigenvalue weighted by Gasteiger charge is -2.23. The second kappa shape index (κ2) is 6.09. The van der Waals surface area contributed by atoms with Crippen LogP contribution in [-0.4, -0.2) is 28.2 Å². The summed E-state index contributed by atoms with van der Waals surface area (Å²) < 4.78 is 5.48. The zero-order valence-corrected chi connectivity index (χ0v) is 12.1. The molecule has 0 saturated carbocycles. The lowest BCUT2D eigenvalue weighted by atomic mass is 9.88. The number of nitro groups is 1. The van der Waals surface area contributed by atoms with Crippen LogP contribution in [-0.2, 0) is 0 Å². The first-order chi connectivity index (χ1) is 9.91. The van der Waals surface area contributed by atoms with Crippen molar-refractivity contribution in [2.45, 2.75) is 26.7 Å². The van der Waals surface area contributed by atoms with Gasteiger partial charge in [0.05, 0.1) is 11.0 Å². The number of rotatable bonds is 7. The molecule has 21 heavy (non-hydrogen) atoms. The smallest absolute Gasteiger partial charge is 0.295 e. The first-order valence-corrected chi connectivity index (χ1v) is 6.81. The van der Waals surface area contributed by atoms with Crippen LogP contribution in [0.3, 0.4) is 0 Å². The van der Waals surface area contributed by atoms with E-state index in [4.69, 9.17) is 9.52 Å². The number of nitro benzene ring substituents is 1. The zero-order valence-electron chi connectivity index (χ0n) is 12.1. The summed E-state index contributed by atoms with van der Waals surface area (Å²) in [6.07, 6.45) is 1.62. The molecule has 0 radical (unpaired) electrons. The van der Waals surface area contributed by atoms with Gasteiger partial charge in [-0.1, -0.05) is 13.8 Å². The van der Waals surface area contributed by atoms with E-state index in [1.807, 2.05) is 0 Å². The average Bonchev–Trinajstić information content (AvgIpc) is 2.85. The summed E-state index contributed by atoms with van der Waals surface area (Å²) in [4.78, 5) is 14.5. The molecule has 0 amide bonds. The van der Waals surface area contributed by atoms with Crippen molar-refractivity contribution in [1.29, 1.82) is 0 Å². The number of nitrogens with zero attached hydrogens (tertiary/aromatic N) is 2. The standard InChI is InChI=1S/C14H19N3O4/c1-14(2,6-3-7-18)9-15-13-16-11-5-4-10(17(19)20)8-12(11)21-13/h4-5,8,18H,3,6-7,9H2,1-2H3,(H,15,16). The van der Waals surface area contributed by atoms with E-state index in [2.05, 4.69) is 24.1 Å². The summed E-state index contributed by atoms with van der Waals surface area (Å²) in [5.74, 6) is 0. The highest BCUT2D eigenvalue weighted by Gasteiger charge is 2.18. The predicted molar refractivity (Wildman–Crippen MR) is 79.3 cm³/mol. The molecular weight excluding hydrogens is 274 g/mol. The molecule has 0 saturated heterocycles. The molecule has 2 N–H and O–H groups in total. The van der Waals surface area contributed by atoms with Crippen LogP contribution in [0.25, 0.3) is 11.1 Å². The highest BCUT2D eigenvalue weighted by Crippen LogP contribution is 2.26. The summed E-state index contributed by atoms with van der Waals surface area (Å²) in [5, 5.41) is 22.7. The summed E-state index contributed by atoms with van der Waals surface area (Å²) in [5.41, 5.74) is 0.944. The van der Waals surface area contributed by atoms with Crippen molar-refractivity contribution in [2.75, 3.05) is 18.5 Å². The Kier molecular flexibility index (Phi) is 4.42. The maximum Gasteiger partial charge on any atom is 0.295 e. The lowest BCUT2D eigenvalue weighted by Crippen LogP contribution is -2.23. The molecule has 0 aliphatic heterocycles. The van der Waals surface area contributed by atoms with Crippen LogP contribution < -0.4 is 5.32 Å². The third-order valence-corrected chi connectivity index (χ3v) is 3.31. The van der Waals surface area contributed by atoms with Crippen LogP contribution in [0.4, 0.5) is 11.7 Å². The first-order valence-electron chi connectivity index (χ1n) is 6.81. The Balaban J connectivity index is 2.07. The van der Waals surface area contributed by atoms with Crippen molar-refractivity contribution < 1.29 is 14.4 Å². The minimum absolute atomic E-state index is 0.00458. The van der Waals surface area contributed by atoms with Gasteiger partial charge in [0.15, 0.2) is 5.58 Å². The van der Waals surface area contributed by atoms with Gasteiger partial charge in [-0.25, -0.2) is 0 Å². The van der Waals surface area contributed by atoms with Crippen molar-refractivity contribution in [1.82, 2.24) is 4.98 Å². The van der Waals surface area contributed by atoms with Gasteiger partial charge in [-0.3, -0.25) is 10.1 Å². The Morgan fingerprint density at radius 1 is 1.48 bits per heavy atom. The monoisotopic (exact) mass is 293 g/mol. The fourth-order valence-corrected chi connectivity index (χ4v) is 2.06. The number of aliphatic hydroxyl groups is 1. The van der Waals surface area contributed by atoms with Gasteiger partial charge in [-0.15, -0.1) is 0 Å². The van der Waals surface area contributed by atoms with Crippen molar-refractivity contribution in [3.05, 3.63) is 28.3 Å². The number of fused-ring (bicyclic) bond motifs is 1. The molecular formula is C14H19N3O4. The third-order valence-electron chi connectivity index (χ3n) is 3.31. The third kappa shape index (κ3) is 3.91. The van der Waals surface area contributed by atoms with Gasteiger partial charge in [0.1, 0.15) is 5.52 Å². The average molecular weight is 293 g/mol. The highest BCUT2D eigenvalue weighted by atomic mass is 16.6. The Labute approximate surface area is 122 Å². The number of aliphatic hydroxyl groups excluding tert-OH is 1. The summed E-state index contributed by atoms with van der Waals surface area (Å²) in [7, 11) is 0. The largest absolute Gasteiger partial charge is 0.423 e. The molecule has 0 aliphatic rings. The van der Waals surface area contributed by atoms with Gasteiger partial charge in [0, 0.05) is 19.2 Å². The van der Waals surface area contributed by atoms with Gasteiger partial charge in [0.2, 0.25) is 0 Å². The fraction of sp³-hybridized carbons (Fsp3) is 0.500. The number of anilines is 1. The number of hydrogen-bond donors (Lipinski definition) is 2. The van der Waals surface area contributed by atoms with Crippen LogP contribution in [0, 0.1) is 15.5 Å². The van der Waals surface area contributed by atoms with Crippen molar-refractivity contribution in [3.8, 4) is 0 Å². The van der Waals surface area contributed by atoms with E-state index in [0.29, 0.717) is 23.7 Å². The number of aromatic nitrogens is 1. The topological polar surface area (TPSA) is 101 Å². The molecule has 1 heterocycles. The second-order valence-electron chi connectivity index (χ2n) is 5.77. The number of hydrogen-bond acceptors (Lipinski definition) is 6. The van der Waals surface area contributed by atoms with Crippen LogP contribution in [0.2, 0.25) is 0 Å². The lowest BCUT2D eigenvalue weighted by molar-refractivity contribution is -0.384. The van der Waals surface area contributed by atoms with Crippen molar-refractivity contribution in [2.24, 2.45) is 5.41 Å². The Morgan fingerprint density at radius 3 is 2.90 bits per heavy atom. The summed E-state index contributed by atoms with van der Waals surface area (Å²) in [6.45, 7) is 4.99. The SMILES string of the molecule is CC(C)(CCCO)CNc1nc2ccc([N+](=O)[O-])cc2o1. The minimum atomic E-state index is -0.465. The number of benzene rings is 1. The molecule has 0 fully saturated rings. The first kappa shape index (κ1) is 15.2. The molecule has 0 unspecified atom stereocenters. The Morgan fingerprint density at radius 2 is 2.24 bits per heavy atom. The van der Waals surface area contributed by atoms with Crippen LogP contribution in [0.5, 0.6) is 0 Å². The van der Waals surface area contributed by atoms with E-state index in [9.17, 15) is 10.1 Å². The van der Waals surface area contributed by atoms with Crippen LogP contribution in [0.15, 0.2) is 22.6 Å². The molecule has 2 aromatic rings. The number of oxazole rings is 1. The summed E-state index contributed by atoms with van der Waals surface area (Å²) >= 11 is 0. The Hall–Kier alpha value is -2.15. The van der Waals surface area contributed by atoms with Crippen LogP contribution in [0.1, 0.15) is 26.7 Å². The van der Waals surface area contributed by atoms with E-state index in [1.54, 1.807) is 6.07 Å². The molecule has 7 heteroatoms. The van der Waals surface area contributed by atoms with Gasteiger partial charge >= 0.3 is 0 Å². The molecule has 0 atom stereocenters. The molecule has 114 valence electrons. The normalized spacial score (nSPS) is 11.8. The minimum Gasteiger partial charge on any atom is -0.423 e. The van der Waals surface area contributed by atoms with Crippen molar-refractivity contribution in [3.63, 3.8) is 0 Å². The van der Waals surface area contributed by atoms with E-state index in [0.717, 1.165) is 12.8 Å². The maximum absolute atomic E-state index is 10.7. The van der Waals surface area contributed by atoms with Crippen LogP contribution >= 0.6 is 0 Å².